The number of methoxy groups -OCH3 is 1. The van der Waals surface area contributed by atoms with E-state index in [-0.39, 0.29) is 6.04 Å². The number of aliphatic hydroxyl groups excluding tert-OH is 1. The number of H-pyrrole nitrogens is 1. The van der Waals surface area contributed by atoms with Gasteiger partial charge in [0.05, 0.1) is 24.5 Å². The lowest BCUT2D eigenvalue weighted by molar-refractivity contribution is 0.151. The fourth-order valence-corrected chi connectivity index (χ4v) is 2.95. The van der Waals surface area contributed by atoms with E-state index in [0.717, 1.165) is 17.5 Å². The number of benzene rings is 1. The topological polar surface area (TPSA) is 95.9 Å². The molecule has 0 aliphatic rings. The van der Waals surface area contributed by atoms with Crippen molar-refractivity contribution in [1.82, 2.24) is 25.5 Å². The molecule has 3 N–H and O–H groups in total. The van der Waals surface area contributed by atoms with E-state index >= 15 is 0 Å². The molecule has 7 nitrogen and oxygen atoms in total. The fraction of sp³-hybridized carbons (Fsp3) is 0.389. The van der Waals surface area contributed by atoms with Crippen LogP contribution in [0.2, 0.25) is 5.02 Å². The Bertz CT molecular complexity index is 870. The van der Waals surface area contributed by atoms with Crippen LogP contribution < -0.4 is 10.1 Å². The number of aromatic nitrogens is 4. The number of hydrogen-bond donors (Lipinski definition) is 3. The second kappa shape index (κ2) is 8.44. The molecule has 0 bridgehead atoms. The first-order chi connectivity index (χ1) is 12.6. The predicted molar refractivity (Wildman–Crippen MR) is 100 cm³/mol. The number of aromatic amines is 1. The molecule has 2 heterocycles. The second-order valence-corrected chi connectivity index (χ2v) is 6.65. The molecular formula is C18H22ClN5O2. The number of rotatable bonds is 8. The van der Waals surface area contributed by atoms with Crippen LogP contribution in [-0.4, -0.2) is 38.4 Å². The van der Waals surface area contributed by atoms with Gasteiger partial charge in [0.1, 0.15) is 22.9 Å². The Labute approximate surface area is 156 Å². The molecule has 0 amide bonds. The highest BCUT2D eigenvalue weighted by Crippen LogP contribution is 2.25. The van der Waals surface area contributed by atoms with Crippen LogP contribution in [0.25, 0.3) is 11.0 Å². The first-order valence-electron chi connectivity index (χ1n) is 8.46. The zero-order valence-corrected chi connectivity index (χ0v) is 15.5. The van der Waals surface area contributed by atoms with Crippen LogP contribution in [0.4, 0.5) is 0 Å². The minimum Gasteiger partial charge on any atom is -0.495 e. The van der Waals surface area contributed by atoms with Crippen molar-refractivity contribution < 1.29 is 9.84 Å². The lowest BCUT2D eigenvalue weighted by Crippen LogP contribution is -2.26. The van der Waals surface area contributed by atoms with Crippen LogP contribution in [0.3, 0.4) is 0 Å². The Morgan fingerprint density at radius 1 is 1.31 bits per heavy atom. The van der Waals surface area contributed by atoms with Crippen molar-refractivity contribution in [2.75, 3.05) is 7.11 Å². The molecule has 3 rings (SSSR count). The van der Waals surface area contributed by atoms with Crippen molar-refractivity contribution in [2.24, 2.45) is 0 Å². The molecule has 0 fully saturated rings. The van der Waals surface area contributed by atoms with Crippen molar-refractivity contribution in [2.45, 2.75) is 38.5 Å². The number of nitrogens with zero attached hydrogens (tertiary/aromatic N) is 3. The summed E-state index contributed by atoms with van der Waals surface area (Å²) in [5.74, 6) is 1.09. The molecule has 0 saturated heterocycles. The van der Waals surface area contributed by atoms with Crippen molar-refractivity contribution >= 4 is 22.6 Å². The van der Waals surface area contributed by atoms with E-state index in [2.05, 4.69) is 32.4 Å². The molecule has 2 aromatic heterocycles. The van der Waals surface area contributed by atoms with Gasteiger partial charge in [-0.3, -0.25) is 5.10 Å². The van der Waals surface area contributed by atoms with Gasteiger partial charge in [-0.1, -0.05) is 17.7 Å². The van der Waals surface area contributed by atoms with E-state index in [4.69, 9.17) is 16.3 Å². The molecule has 138 valence electrons. The molecule has 3 aromatic rings. The molecule has 0 spiro atoms. The summed E-state index contributed by atoms with van der Waals surface area (Å²) in [7, 11) is 1.60. The maximum Gasteiger partial charge on any atom is 0.157 e. The Morgan fingerprint density at radius 2 is 2.15 bits per heavy atom. The molecule has 0 aliphatic heterocycles. The van der Waals surface area contributed by atoms with Crippen molar-refractivity contribution in [3.63, 3.8) is 0 Å². The molecule has 26 heavy (non-hydrogen) atoms. The van der Waals surface area contributed by atoms with Crippen LogP contribution >= 0.6 is 11.6 Å². The molecular weight excluding hydrogens is 354 g/mol. The summed E-state index contributed by atoms with van der Waals surface area (Å²) in [6, 6.07) is 5.95. The monoisotopic (exact) mass is 375 g/mol. The minimum absolute atomic E-state index is 0.225. The zero-order chi connectivity index (χ0) is 18.5. The summed E-state index contributed by atoms with van der Waals surface area (Å²) in [5.41, 5.74) is 2.54. The van der Waals surface area contributed by atoms with Crippen molar-refractivity contribution in [3.05, 3.63) is 47.0 Å². The minimum atomic E-state index is -0.700. The highest BCUT2D eigenvalue weighted by Gasteiger charge is 2.14. The first-order valence-corrected chi connectivity index (χ1v) is 8.84. The SMILES string of the molecule is COc1ccc(CNC(C)CCC(O)c2ncc3[nH]ncc3n2)cc1Cl. The quantitative estimate of drug-likeness (QED) is 0.560. The Morgan fingerprint density at radius 3 is 2.92 bits per heavy atom. The number of halogens is 1. The van der Waals surface area contributed by atoms with E-state index in [1.54, 1.807) is 19.5 Å². The second-order valence-electron chi connectivity index (χ2n) is 6.24. The molecule has 0 radical (unpaired) electrons. The molecule has 0 aliphatic carbocycles. The number of ether oxygens (including phenoxy) is 1. The summed E-state index contributed by atoms with van der Waals surface area (Å²) in [6.45, 7) is 2.77. The van der Waals surface area contributed by atoms with Gasteiger partial charge in [0.25, 0.3) is 0 Å². The molecule has 2 atom stereocenters. The van der Waals surface area contributed by atoms with Gasteiger partial charge in [0, 0.05) is 12.6 Å². The number of fused-ring (bicyclic) bond motifs is 1. The smallest absolute Gasteiger partial charge is 0.157 e. The lowest BCUT2D eigenvalue weighted by Gasteiger charge is -2.16. The van der Waals surface area contributed by atoms with Crippen LogP contribution in [0.5, 0.6) is 5.75 Å². The summed E-state index contributed by atoms with van der Waals surface area (Å²) in [6.07, 6.45) is 3.92. The third-order valence-corrected chi connectivity index (χ3v) is 4.55. The maximum absolute atomic E-state index is 10.3. The Balaban J connectivity index is 1.48. The summed E-state index contributed by atoms with van der Waals surface area (Å²) < 4.78 is 5.16. The van der Waals surface area contributed by atoms with Gasteiger partial charge in [-0.2, -0.15) is 5.10 Å². The summed E-state index contributed by atoms with van der Waals surface area (Å²) >= 11 is 6.14. The maximum atomic E-state index is 10.3. The lowest BCUT2D eigenvalue weighted by atomic mass is 10.1. The van der Waals surface area contributed by atoms with E-state index in [1.165, 1.54) is 0 Å². The number of nitrogens with one attached hydrogen (secondary N) is 2. The van der Waals surface area contributed by atoms with Gasteiger partial charge in [-0.15, -0.1) is 0 Å². The van der Waals surface area contributed by atoms with Gasteiger partial charge >= 0.3 is 0 Å². The van der Waals surface area contributed by atoms with E-state index in [9.17, 15) is 5.11 Å². The van der Waals surface area contributed by atoms with Gasteiger partial charge in [0.15, 0.2) is 5.82 Å². The van der Waals surface area contributed by atoms with Crippen LogP contribution in [0, 0.1) is 0 Å². The fourth-order valence-electron chi connectivity index (χ4n) is 2.67. The molecule has 8 heteroatoms. The average molecular weight is 376 g/mol. The standard InChI is InChI=1S/C18H22ClN5O2/c1-11(20-8-12-4-6-17(26-2)13(19)7-12)3-5-16(25)18-21-9-15-14(23-18)10-22-24-15/h4,6-7,9-11,16,20,25H,3,5,8H2,1-2H3,(H,22,24). The van der Waals surface area contributed by atoms with Crippen LogP contribution in [0.1, 0.15) is 37.3 Å². The van der Waals surface area contributed by atoms with Gasteiger partial charge in [-0.25, -0.2) is 9.97 Å². The molecule has 1 aromatic carbocycles. The zero-order valence-electron chi connectivity index (χ0n) is 14.7. The highest BCUT2D eigenvalue weighted by molar-refractivity contribution is 6.32. The number of hydrogen-bond acceptors (Lipinski definition) is 6. The van der Waals surface area contributed by atoms with Crippen LogP contribution in [0.15, 0.2) is 30.6 Å². The van der Waals surface area contributed by atoms with E-state index < -0.39 is 6.10 Å². The van der Waals surface area contributed by atoms with Gasteiger partial charge in [-0.05, 0) is 37.5 Å². The van der Waals surface area contributed by atoms with Gasteiger partial charge < -0.3 is 15.2 Å². The van der Waals surface area contributed by atoms with E-state index in [0.29, 0.717) is 35.1 Å². The normalized spacial score (nSPS) is 13.7. The van der Waals surface area contributed by atoms with E-state index in [1.807, 2.05) is 18.2 Å². The van der Waals surface area contributed by atoms with Crippen molar-refractivity contribution in [3.8, 4) is 5.75 Å². The van der Waals surface area contributed by atoms with Crippen molar-refractivity contribution in [1.29, 1.82) is 0 Å². The molecule has 0 saturated carbocycles. The Kier molecular flexibility index (Phi) is 6.03. The summed E-state index contributed by atoms with van der Waals surface area (Å²) in [5, 5.41) is 21.1. The predicted octanol–water partition coefficient (Wildman–Crippen LogP) is 3.01. The molecule has 2 unspecified atom stereocenters. The Hall–Kier alpha value is -2.22. The number of aliphatic hydroxyl groups is 1. The first kappa shape index (κ1) is 18.6. The third-order valence-electron chi connectivity index (χ3n) is 4.25. The van der Waals surface area contributed by atoms with Gasteiger partial charge in [0.2, 0.25) is 0 Å². The largest absolute Gasteiger partial charge is 0.495 e. The highest BCUT2D eigenvalue weighted by atomic mass is 35.5. The third kappa shape index (κ3) is 4.49. The average Bonchev–Trinajstić information content (AvgIpc) is 3.12. The van der Waals surface area contributed by atoms with Crippen LogP contribution in [-0.2, 0) is 6.54 Å². The summed E-state index contributed by atoms with van der Waals surface area (Å²) in [4.78, 5) is 8.53.